The Morgan fingerprint density at radius 1 is 1.21 bits per heavy atom. The predicted octanol–water partition coefficient (Wildman–Crippen LogP) is 2.18. The standard InChI is InChI=1S/C19H36N2O3/c1-13(2)9-18(20-17-10-14(3)24-15(4)11-17)19(23)21-7-5-16(12-22)6-8-21/h13-18,20,22H,5-12H2,1-4H3/t14-,15-,18-/m0/s1. The monoisotopic (exact) mass is 340 g/mol. The van der Waals surface area contributed by atoms with E-state index in [4.69, 9.17) is 4.74 Å². The molecule has 0 unspecified atom stereocenters. The molecule has 2 fully saturated rings. The average Bonchev–Trinajstić information content (AvgIpc) is 2.52. The third kappa shape index (κ3) is 5.71. The topological polar surface area (TPSA) is 61.8 Å². The van der Waals surface area contributed by atoms with Gasteiger partial charge in [-0.2, -0.15) is 0 Å². The number of rotatable bonds is 6. The second kappa shape index (κ2) is 9.16. The Morgan fingerprint density at radius 3 is 2.29 bits per heavy atom. The first-order chi connectivity index (χ1) is 11.4. The maximum absolute atomic E-state index is 13.0. The first kappa shape index (κ1) is 19.7. The number of likely N-dealkylation sites (tertiary alicyclic amines) is 1. The molecule has 0 radical (unpaired) electrons. The van der Waals surface area contributed by atoms with Crippen LogP contribution in [0.15, 0.2) is 0 Å². The van der Waals surface area contributed by atoms with Gasteiger partial charge in [-0.15, -0.1) is 0 Å². The number of aliphatic hydroxyl groups excluding tert-OH is 1. The molecule has 0 bridgehead atoms. The number of nitrogens with one attached hydrogen (secondary N) is 1. The van der Waals surface area contributed by atoms with E-state index in [1.807, 2.05) is 4.90 Å². The number of hydrogen-bond donors (Lipinski definition) is 2. The summed E-state index contributed by atoms with van der Waals surface area (Å²) in [6.45, 7) is 10.4. The molecule has 2 aliphatic rings. The zero-order valence-corrected chi connectivity index (χ0v) is 15.8. The maximum atomic E-state index is 13.0. The lowest BCUT2D eigenvalue weighted by Crippen LogP contribution is -2.54. The zero-order chi connectivity index (χ0) is 17.7. The van der Waals surface area contributed by atoms with E-state index in [-0.39, 0.29) is 30.8 Å². The van der Waals surface area contributed by atoms with Crippen molar-refractivity contribution in [3.05, 3.63) is 0 Å². The van der Waals surface area contributed by atoms with Crippen LogP contribution in [0.3, 0.4) is 0 Å². The summed E-state index contributed by atoms with van der Waals surface area (Å²) in [6.07, 6.45) is 5.16. The summed E-state index contributed by atoms with van der Waals surface area (Å²) in [5.41, 5.74) is 0. The highest BCUT2D eigenvalue weighted by Crippen LogP contribution is 2.22. The molecule has 0 aromatic heterocycles. The van der Waals surface area contributed by atoms with Crippen molar-refractivity contribution < 1.29 is 14.6 Å². The summed E-state index contributed by atoms with van der Waals surface area (Å²) in [4.78, 5) is 15.0. The minimum Gasteiger partial charge on any atom is -0.396 e. The van der Waals surface area contributed by atoms with Gasteiger partial charge in [0, 0.05) is 25.7 Å². The molecule has 5 heteroatoms. The van der Waals surface area contributed by atoms with E-state index in [1.54, 1.807) is 0 Å². The highest BCUT2D eigenvalue weighted by Gasteiger charge is 2.32. The lowest BCUT2D eigenvalue weighted by molar-refractivity contribution is -0.136. The molecular weight excluding hydrogens is 304 g/mol. The summed E-state index contributed by atoms with van der Waals surface area (Å²) in [5.74, 6) is 1.09. The van der Waals surface area contributed by atoms with Crippen molar-refractivity contribution >= 4 is 5.91 Å². The van der Waals surface area contributed by atoms with Crippen molar-refractivity contribution in [1.29, 1.82) is 0 Å². The van der Waals surface area contributed by atoms with Gasteiger partial charge in [0.25, 0.3) is 0 Å². The molecule has 3 atom stereocenters. The second-order valence-corrected chi connectivity index (χ2v) is 8.23. The quantitative estimate of drug-likeness (QED) is 0.778. The molecule has 2 heterocycles. The van der Waals surface area contributed by atoms with Crippen molar-refractivity contribution in [1.82, 2.24) is 10.2 Å². The van der Waals surface area contributed by atoms with Crippen molar-refractivity contribution in [2.45, 2.75) is 84.1 Å². The molecule has 24 heavy (non-hydrogen) atoms. The first-order valence-corrected chi connectivity index (χ1v) is 9.70. The molecule has 0 aromatic rings. The van der Waals surface area contributed by atoms with Gasteiger partial charge in [0.05, 0.1) is 18.2 Å². The summed E-state index contributed by atoms with van der Waals surface area (Å²) in [5, 5.41) is 12.9. The molecule has 5 nitrogen and oxygen atoms in total. The number of ether oxygens (including phenoxy) is 1. The van der Waals surface area contributed by atoms with Crippen LogP contribution in [0.1, 0.15) is 59.8 Å². The van der Waals surface area contributed by atoms with Crippen molar-refractivity contribution in [3.8, 4) is 0 Å². The minimum atomic E-state index is -0.0989. The summed E-state index contributed by atoms with van der Waals surface area (Å²) in [6, 6.07) is 0.254. The SMILES string of the molecule is CC(C)C[C@H](NC1C[C@H](C)O[C@@H](C)C1)C(=O)N1CCC(CO)CC1. The first-order valence-electron chi connectivity index (χ1n) is 9.70. The average molecular weight is 341 g/mol. The van der Waals surface area contributed by atoms with Gasteiger partial charge in [-0.3, -0.25) is 4.79 Å². The molecule has 2 saturated heterocycles. The highest BCUT2D eigenvalue weighted by atomic mass is 16.5. The molecule has 0 aliphatic carbocycles. The zero-order valence-electron chi connectivity index (χ0n) is 15.8. The Morgan fingerprint density at radius 2 is 1.79 bits per heavy atom. The number of nitrogens with zero attached hydrogens (tertiary/aromatic N) is 1. The van der Waals surface area contributed by atoms with Crippen LogP contribution in [-0.2, 0) is 9.53 Å². The minimum absolute atomic E-state index is 0.0989. The Balaban J connectivity index is 1.95. The molecule has 2 N–H and O–H groups in total. The second-order valence-electron chi connectivity index (χ2n) is 8.23. The van der Waals surface area contributed by atoms with Gasteiger partial charge in [-0.1, -0.05) is 13.8 Å². The fourth-order valence-corrected chi connectivity index (χ4v) is 4.09. The van der Waals surface area contributed by atoms with Crippen LogP contribution in [0, 0.1) is 11.8 Å². The van der Waals surface area contributed by atoms with Crippen molar-refractivity contribution in [3.63, 3.8) is 0 Å². The van der Waals surface area contributed by atoms with Gasteiger partial charge in [0.1, 0.15) is 0 Å². The number of carbonyl (C=O) groups excluding carboxylic acids is 1. The van der Waals surface area contributed by atoms with E-state index in [0.29, 0.717) is 17.9 Å². The third-order valence-electron chi connectivity index (χ3n) is 5.32. The Kier molecular flexibility index (Phi) is 7.51. The highest BCUT2D eigenvalue weighted by molar-refractivity contribution is 5.82. The molecule has 1 amide bonds. The van der Waals surface area contributed by atoms with Gasteiger partial charge in [0.2, 0.25) is 5.91 Å². The largest absolute Gasteiger partial charge is 0.396 e. The number of hydrogen-bond acceptors (Lipinski definition) is 4. The molecule has 0 spiro atoms. The van der Waals surface area contributed by atoms with Gasteiger partial charge in [-0.05, 0) is 57.8 Å². The normalized spacial score (nSPS) is 30.6. The summed E-state index contributed by atoms with van der Waals surface area (Å²) >= 11 is 0. The fourth-order valence-electron chi connectivity index (χ4n) is 4.09. The Hall–Kier alpha value is -0.650. The van der Waals surface area contributed by atoms with E-state index < -0.39 is 0 Å². The summed E-state index contributed by atoms with van der Waals surface area (Å²) in [7, 11) is 0. The lowest BCUT2D eigenvalue weighted by atomic mass is 9.94. The van der Waals surface area contributed by atoms with Gasteiger partial charge in [0.15, 0.2) is 0 Å². The molecule has 140 valence electrons. The third-order valence-corrected chi connectivity index (χ3v) is 5.32. The van der Waals surface area contributed by atoms with Crippen molar-refractivity contribution in [2.75, 3.05) is 19.7 Å². The molecule has 2 rings (SSSR count). The fraction of sp³-hybridized carbons (Fsp3) is 0.947. The number of aliphatic hydroxyl groups is 1. The smallest absolute Gasteiger partial charge is 0.239 e. The molecule has 2 aliphatic heterocycles. The van der Waals surface area contributed by atoms with Crippen LogP contribution in [0.4, 0.5) is 0 Å². The van der Waals surface area contributed by atoms with Crippen LogP contribution < -0.4 is 5.32 Å². The van der Waals surface area contributed by atoms with Gasteiger partial charge >= 0.3 is 0 Å². The van der Waals surface area contributed by atoms with E-state index in [2.05, 4.69) is 33.0 Å². The van der Waals surface area contributed by atoms with Crippen LogP contribution in [0.2, 0.25) is 0 Å². The Bertz CT molecular complexity index is 384. The van der Waals surface area contributed by atoms with Crippen LogP contribution >= 0.6 is 0 Å². The Labute approximate surface area is 147 Å². The molecular formula is C19H36N2O3. The molecule has 0 aromatic carbocycles. The maximum Gasteiger partial charge on any atom is 0.239 e. The van der Waals surface area contributed by atoms with E-state index in [9.17, 15) is 9.90 Å². The van der Waals surface area contributed by atoms with Crippen molar-refractivity contribution in [2.24, 2.45) is 11.8 Å². The molecule has 0 saturated carbocycles. The van der Waals surface area contributed by atoms with Crippen LogP contribution in [0.5, 0.6) is 0 Å². The predicted molar refractivity (Wildman–Crippen MR) is 95.8 cm³/mol. The number of amides is 1. The lowest BCUT2D eigenvalue weighted by Gasteiger charge is -2.38. The van der Waals surface area contributed by atoms with E-state index in [0.717, 1.165) is 45.2 Å². The van der Waals surface area contributed by atoms with Gasteiger partial charge < -0.3 is 20.1 Å². The van der Waals surface area contributed by atoms with Gasteiger partial charge in [-0.25, -0.2) is 0 Å². The van der Waals surface area contributed by atoms with Crippen LogP contribution in [-0.4, -0.2) is 59.9 Å². The van der Waals surface area contributed by atoms with Crippen LogP contribution in [0.25, 0.3) is 0 Å². The number of piperidine rings is 1. The van der Waals surface area contributed by atoms with E-state index in [1.165, 1.54) is 0 Å². The van der Waals surface area contributed by atoms with E-state index >= 15 is 0 Å². The number of carbonyl (C=O) groups is 1. The summed E-state index contributed by atoms with van der Waals surface area (Å²) < 4.78 is 5.82.